The summed E-state index contributed by atoms with van der Waals surface area (Å²) in [6.07, 6.45) is 8.66. The zero-order valence-corrected chi connectivity index (χ0v) is 18.0. The number of thioether (sulfide) groups is 1. The van der Waals surface area contributed by atoms with Gasteiger partial charge in [0.2, 0.25) is 0 Å². The Bertz CT molecular complexity index is 991. The van der Waals surface area contributed by atoms with Crippen LogP contribution in [0.15, 0.2) is 63.1 Å². The molecular weight excluding hydrogens is 446 g/mol. The molecule has 0 radical (unpaired) electrons. The van der Waals surface area contributed by atoms with E-state index >= 15 is 0 Å². The number of fused-ring (bicyclic) bond motifs is 2. The van der Waals surface area contributed by atoms with Crippen molar-refractivity contribution in [1.82, 2.24) is 4.57 Å². The van der Waals surface area contributed by atoms with Gasteiger partial charge in [-0.15, -0.1) is 11.8 Å². The number of benzene rings is 1. The van der Waals surface area contributed by atoms with Crippen LogP contribution in [0.4, 0.5) is 0 Å². The molecule has 1 aliphatic carbocycles. The van der Waals surface area contributed by atoms with Gasteiger partial charge in [0.15, 0.2) is 0 Å². The summed E-state index contributed by atoms with van der Waals surface area (Å²) >= 11 is 11.6. The van der Waals surface area contributed by atoms with E-state index < -0.39 is 0 Å². The van der Waals surface area contributed by atoms with Gasteiger partial charge in [0, 0.05) is 44.3 Å². The highest BCUT2D eigenvalue weighted by Gasteiger charge is 2.29. The lowest BCUT2D eigenvalue weighted by molar-refractivity contribution is -0.142. The molecule has 1 aromatic heterocycles. The van der Waals surface area contributed by atoms with Crippen LogP contribution < -0.4 is 0 Å². The second-order valence-corrected chi connectivity index (χ2v) is 9.06. The van der Waals surface area contributed by atoms with Crippen molar-refractivity contribution in [2.45, 2.75) is 25.1 Å². The summed E-state index contributed by atoms with van der Waals surface area (Å²) in [5.74, 6) is 0.132. The minimum atomic E-state index is -0.192. The van der Waals surface area contributed by atoms with Gasteiger partial charge < -0.3 is 9.30 Å². The van der Waals surface area contributed by atoms with E-state index in [0.717, 1.165) is 32.5 Å². The summed E-state index contributed by atoms with van der Waals surface area (Å²) in [4.78, 5) is 12.0. The standard InChI is InChI=1S/C21H19BrClNO2S/c1-2-26-21(25)7-13-10-24(19-8-15(22)3-5-17(13)19)11-14-12-27-20-6-4-16(23)9-18(14)20/h3-6,8-10,12,18,20H,2,7,11H2,1H3. The lowest BCUT2D eigenvalue weighted by Gasteiger charge is -2.20. The van der Waals surface area contributed by atoms with Crippen molar-refractivity contribution in [2.75, 3.05) is 6.61 Å². The topological polar surface area (TPSA) is 31.2 Å². The molecule has 2 aliphatic rings. The molecule has 0 saturated carbocycles. The first-order valence-corrected chi connectivity index (χ1v) is 11.0. The number of aromatic nitrogens is 1. The molecule has 1 aliphatic heterocycles. The van der Waals surface area contributed by atoms with Gasteiger partial charge in [-0.2, -0.15) is 0 Å². The number of esters is 1. The van der Waals surface area contributed by atoms with Gasteiger partial charge >= 0.3 is 5.97 Å². The molecule has 3 nitrogen and oxygen atoms in total. The van der Waals surface area contributed by atoms with Crippen molar-refractivity contribution in [3.05, 3.63) is 68.7 Å². The highest BCUT2D eigenvalue weighted by Crippen LogP contribution is 2.42. The number of carbonyl (C=O) groups excluding carboxylic acids is 1. The van der Waals surface area contributed by atoms with Crippen LogP contribution in [0.5, 0.6) is 0 Å². The minimum Gasteiger partial charge on any atom is -0.466 e. The largest absolute Gasteiger partial charge is 0.466 e. The van der Waals surface area contributed by atoms with E-state index in [2.05, 4.69) is 56.4 Å². The van der Waals surface area contributed by atoms with Crippen molar-refractivity contribution < 1.29 is 9.53 Å². The predicted molar refractivity (Wildman–Crippen MR) is 116 cm³/mol. The predicted octanol–water partition coefficient (Wildman–Crippen LogP) is 5.82. The van der Waals surface area contributed by atoms with Crippen LogP contribution >= 0.6 is 39.3 Å². The SMILES string of the molecule is CCOC(=O)Cc1cn(CC2=CSC3C=CC(Cl)=CC23)c2cc(Br)ccc12. The summed E-state index contributed by atoms with van der Waals surface area (Å²) < 4.78 is 8.39. The quantitative estimate of drug-likeness (QED) is 0.523. The molecule has 0 fully saturated rings. The number of carbonyl (C=O) groups is 1. The van der Waals surface area contributed by atoms with E-state index in [1.807, 2.05) is 30.8 Å². The highest BCUT2D eigenvalue weighted by molar-refractivity contribution is 9.10. The van der Waals surface area contributed by atoms with E-state index in [1.165, 1.54) is 5.57 Å². The Morgan fingerprint density at radius 1 is 1.41 bits per heavy atom. The Balaban J connectivity index is 1.66. The average molecular weight is 465 g/mol. The first-order chi connectivity index (χ1) is 13.0. The van der Waals surface area contributed by atoms with Gasteiger partial charge in [0.1, 0.15) is 0 Å². The van der Waals surface area contributed by atoms with Crippen LogP contribution in [0.2, 0.25) is 0 Å². The normalized spacial score (nSPS) is 21.1. The molecule has 27 heavy (non-hydrogen) atoms. The Morgan fingerprint density at radius 2 is 2.26 bits per heavy atom. The van der Waals surface area contributed by atoms with Crippen LogP contribution in [0, 0.1) is 5.92 Å². The van der Waals surface area contributed by atoms with Crippen molar-refractivity contribution in [3.8, 4) is 0 Å². The van der Waals surface area contributed by atoms with Gasteiger partial charge in [-0.1, -0.05) is 45.7 Å². The monoisotopic (exact) mass is 463 g/mol. The number of nitrogens with zero attached hydrogens (tertiary/aromatic N) is 1. The fourth-order valence-electron chi connectivity index (χ4n) is 3.64. The molecule has 0 N–H and O–H groups in total. The molecule has 2 aromatic rings. The first-order valence-electron chi connectivity index (χ1n) is 8.88. The molecule has 0 bridgehead atoms. The maximum absolute atomic E-state index is 12.0. The molecule has 0 spiro atoms. The zero-order valence-electron chi connectivity index (χ0n) is 14.8. The second-order valence-electron chi connectivity index (χ2n) is 6.66. The summed E-state index contributed by atoms with van der Waals surface area (Å²) in [5, 5.41) is 4.56. The molecule has 2 heterocycles. The highest BCUT2D eigenvalue weighted by atomic mass is 79.9. The molecule has 140 valence electrons. The molecule has 0 amide bonds. The molecule has 2 atom stereocenters. The smallest absolute Gasteiger partial charge is 0.310 e. The molecule has 4 rings (SSSR count). The van der Waals surface area contributed by atoms with E-state index in [9.17, 15) is 4.79 Å². The lowest BCUT2D eigenvalue weighted by atomic mass is 9.93. The molecular formula is C21H19BrClNO2S. The summed E-state index contributed by atoms with van der Waals surface area (Å²) in [5.41, 5.74) is 3.45. The second kappa shape index (κ2) is 7.90. The van der Waals surface area contributed by atoms with Gasteiger partial charge in [-0.05, 0) is 41.7 Å². The van der Waals surface area contributed by atoms with Crippen molar-refractivity contribution in [1.29, 1.82) is 0 Å². The van der Waals surface area contributed by atoms with Crippen LogP contribution in [0.3, 0.4) is 0 Å². The van der Waals surface area contributed by atoms with Crippen LogP contribution in [-0.2, 0) is 22.5 Å². The molecule has 2 unspecified atom stereocenters. The van der Waals surface area contributed by atoms with Gasteiger partial charge in [0.05, 0.1) is 13.0 Å². The Morgan fingerprint density at radius 3 is 3.07 bits per heavy atom. The fraction of sp³-hybridized carbons (Fsp3) is 0.286. The van der Waals surface area contributed by atoms with E-state index in [1.54, 1.807) is 0 Å². The maximum atomic E-state index is 12.0. The van der Waals surface area contributed by atoms with Gasteiger partial charge in [0.25, 0.3) is 0 Å². The third-order valence-electron chi connectivity index (χ3n) is 4.86. The number of ether oxygens (including phenoxy) is 1. The number of halogens is 2. The summed E-state index contributed by atoms with van der Waals surface area (Å²) in [7, 11) is 0. The number of hydrogen-bond acceptors (Lipinski definition) is 3. The maximum Gasteiger partial charge on any atom is 0.310 e. The average Bonchev–Trinajstić information content (AvgIpc) is 3.17. The number of hydrogen-bond donors (Lipinski definition) is 0. The van der Waals surface area contributed by atoms with E-state index in [0.29, 0.717) is 17.8 Å². The van der Waals surface area contributed by atoms with Crippen LogP contribution in [0.25, 0.3) is 10.9 Å². The fourth-order valence-corrected chi connectivity index (χ4v) is 5.35. The Hall–Kier alpha value is -1.43. The van der Waals surface area contributed by atoms with E-state index in [-0.39, 0.29) is 12.4 Å². The lowest BCUT2D eigenvalue weighted by Crippen LogP contribution is -2.16. The van der Waals surface area contributed by atoms with Crippen molar-refractivity contribution in [3.63, 3.8) is 0 Å². The van der Waals surface area contributed by atoms with E-state index in [4.69, 9.17) is 16.3 Å². The Kier molecular flexibility index (Phi) is 5.53. The van der Waals surface area contributed by atoms with Gasteiger partial charge in [-0.25, -0.2) is 0 Å². The minimum absolute atomic E-state index is 0.192. The number of rotatable bonds is 5. The molecule has 0 saturated heterocycles. The third kappa shape index (κ3) is 3.91. The van der Waals surface area contributed by atoms with Crippen molar-refractivity contribution in [2.24, 2.45) is 5.92 Å². The van der Waals surface area contributed by atoms with Crippen molar-refractivity contribution >= 4 is 56.2 Å². The van der Waals surface area contributed by atoms with Crippen LogP contribution in [0.1, 0.15) is 12.5 Å². The molecule has 6 heteroatoms. The first kappa shape index (κ1) is 18.9. The summed E-state index contributed by atoms with van der Waals surface area (Å²) in [6.45, 7) is 3.01. The molecule has 1 aromatic carbocycles. The summed E-state index contributed by atoms with van der Waals surface area (Å²) in [6, 6.07) is 6.18. The third-order valence-corrected chi connectivity index (χ3v) is 6.81. The zero-order chi connectivity index (χ0) is 19.0. The Labute approximate surface area is 176 Å². The van der Waals surface area contributed by atoms with Crippen LogP contribution in [-0.4, -0.2) is 22.4 Å². The van der Waals surface area contributed by atoms with Gasteiger partial charge in [-0.3, -0.25) is 4.79 Å². The number of allylic oxidation sites excluding steroid dienone is 4.